The molecule has 1 aliphatic rings. The lowest BCUT2D eigenvalue weighted by molar-refractivity contribution is -0.384. The molecule has 0 bridgehead atoms. The minimum atomic E-state index is -0.451. The number of rotatable bonds is 6. The standard InChI is InChI=1S/C24H18BrN3O4S/c1-15-11-18(28(30)31)8-9-20(15)26-24-27-23(29)22(33-24)13-17-7-10-21(19(25)12-17)32-14-16-5-3-2-4-6-16/h2-13H,14H2,1H3,(H,26,27,29)/b22-13+. The largest absolute Gasteiger partial charge is 0.488 e. The van der Waals surface area contributed by atoms with E-state index in [9.17, 15) is 14.9 Å². The SMILES string of the molecule is Cc1cc([N+](=O)[O-])ccc1N=C1NC(=O)/C(=C\c2ccc(OCc3ccccc3)c(Br)c2)S1. The zero-order chi connectivity index (χ0) is 23.4. The van der Waals surface area contributed by atoms with E-state index in [2.05, 4.69) is 26.2 Å². The molecule has 3 aromatic rings. The number of nitrogens with one attached hydrogen (secondary N) is 1. The number of nitrogens with zero attached hydrogens (tertiary/aromatic N) is 2. The number of non-ortho nitro benzene ring substituents is 1. The molecule has 0 saturated carbocycles. The van der Waals surface area contributed by atoms with Crippen molar-refractivity contribution in [3.63, 3.8) is 0 Å². The van der Waals surface area contributed by atoms with Gasteiger partial charge in [0.2, 0.25) is 0 Å². The monoisotopic (exact) mass is 523 g/mol. The minimum Gasteiger partial charge on any atom is -0.488 e. The van der Waals surface area contributed by atoms with Crippen LogP contribution in [0.5, 0.6) is 5.75 Å². The first-order valence-electron chi connectivity index (χ1n) is 9.90. The molecule has 0 aromatic heterocycles. The van der Waals surface area contributed by atoms with Crippen LogP contribution in [0.15, 0.2) is 81.1 Å². The van der Waals surface area contributed by atoms with Crippen molar-refractivity contribution in [2.75, 3.05) is 0 Å². The molecule has 33 heavy (non-hydrogen) atoms. The molecular weight excluding hydrogens is 506 g/mol. The highest BCUT2D eigenvalue weighted by Gasteiger charge is 2.24. The van der Waals surface area contributed by atoms with E-state index in [1.807, 2.05) is 48.5 Å². The van der Waals surface area contributed by atoms with E-state index in [0.29, 0.717) is 33.7 Å². The number of ether oxygens (including phenoxy) is 1. The van der Waals surface area contributed by atoms with Crippen LogP contribution in [0.25, 0.3) is 6.08 Å². The fourth-order valence-corrected chi connectivity index (χ4v) is 4.42. The van der Waals surface area contributed by atoms with Gasteiger partial charge in [-0.2, -0.15) is 0 Å². The van der Waals surface area contributed by atoms with Crippen molar-refractivity contribution in [3.05, 3.63) is 103 Å². The Balaban J connectivity index is 1.47. The van der Waals surface area contributed by atoms with Crippen LogP contribution in [0, 0.1) is 17.0 Å². The van der Waals surface area contributed by atoms with E-state index in [0.717, 1.165) is 15.6 Å². The smallest absolute Gasteiger partial charge is 0.269 e. The molecular formula is C24H18BrN3O4S. The number of halogens is 1. The number of amides is 1. The Morgan fingerprint density at radius 1 is 1.15 bits per heavy atom. The molecule has 0 radical (unpaired) electrons. The third kappa shape index (κ3) is 5.68. The first kappa shape index (κ1) is 22.8. The predicted octanol–water partition coefficient (Wildman–Crippen LogP) is 6.14. The highest BCUT2D eigenvalue weighted by atomic mass is 79.9. The van der Waals surface area contributed by atoms with E-state index in [1.165, 1.54) is 23.9 Å². The fourth-order valence-electron chi connectivity index (χ4n) is 3.08. The van der Waals surface area contributed by atoms with Gasteiger partial charge in [-0.05, 0) is 75.6 Å². The molecule has 7 nitrogen and oxygen atoms in total. The number of nitro benzene ring substituents is 1. The molecule has 9 heteroatoms. The molecule has 4 rings (SSSR count). The van der Waals surface area contributed by atoms with Crippen molar-refractivity contribution in [1.29, 1.82) is 0 Å². The van der Waals surface area contributed by atoms with Crippen LogP contribution >= 0.6 is 27.7 Å². The van der Waals surface area contributed by atoms with Crippen molar-refractivity contribution in [1.82, 2.24) is 5.32 Å². The second-order valence-electron chi connectivity index (χ2n) is 7.17. The van der Waals surface area contributed by atoms with Crippen LogP contribution in [0.3, 0.4) is 0 Å². The van der Waals surface area contributed by atoms with Crippen LogP contribution in [0.1, 0.15) is 16.7 Å². The van der Waals surface area contributed by atoms with Crippen LogP contribution < -0.4 is 10.1 Å². The number of aliphatic imine (C=N–C) groups is 1. The lowest BCUT2D eigenvalue weighted by Gasteiger charge is -2.09. The summed E-state index contributed by atoms with van der Waals surface area (Å²) in [6.45, 7) is 2.20. The summed E-state index contributed by atoms with van der Waals surface area (Å²) in [5.41, 5.74) is 3.12. The van der Waals surface area contributed by atoms with Gasteiger partial charge in [0.25, 0.3) is 11.6 Å². The highest BCUT2D eigenvalue weighted by molar-refractivity contribution is 9.10. The Morgan fingerprint density at radius 3 is 2.64 bits per heavy atom. The number of amidine groups is 1. The van der Waals surface area contributed by atoms with E-state index in [-0.39, 0.29) is 11.6 Å². The topological polar surface area (TPSA) is 93.8 Å². The second kappa shape index (κ2) is 10.0. The third-order valence-corrected chi connectivity index (χ3v) is 6.28. The number of carbonyl (C=O) groups excluding carboxylic acids is 1. The van der Waals surface area contributed by atoms with Gasteiger partial charge in [-0.25, -0.2) is 4.99 Å². The highest BCUT2D eigenvalue weighted by Crippen LogP contribution is 2.32. The maximum Gasteiger partial charge on any atom is 0.269 e. The third-order valence-electron chi connectivity index (χ3n) is 4.75. The van der Waals surface area contributed by atoms with Crippen LogP contribution in [-0.4, -0.2) is 16.0 Å². The number of thioether (sulfide) groups is 1. The number of hydrogen-bond donors (Lipinski definition) is 1. The average Bonchev–Trinajstić information content (AvgIpc) is 3.13. The van der Waals surface area contributed by atoms with Crippen LogP contribution in [0.4, 0.5) is 11.4 Å². The lowest BCUT2D eigenvalue weighted by Crippen LogP contribution is -2.19. The second-order valence-corrected chi connectivity index (χ2v) is 9.06. The molecule has 1 fully saturated rings. The van der Waals surface area contributed by atoms with Gasteiger partial charge in [0.05, 0.1) is 20.0 Å². The van der Waals surface area contributed by atoms with Gasteiger partial charge in [0.15, 0.2) is 5.17 Å². The first-order valence-corrected chi connectivity index (χ1v) is 11.5. The summed E-state index contributed by atoms with van der Waals surface area (Å²) >= 11 is 4.75. The fraction of sp³-hybridized carbons (Fsp3) is 0.0833. The quantitative estimate of drug-likeness (QED) is 0.238. The molecule has 1 saturated heterocycles. The predicted molar refractivity (Wildman–Crippen MR) is 134 cm³/mol. The Morgan fingerprint density at radius 2 is 1.94 bits per heavy atom. The maximum atomic E-state index is 12.4. The number of benzene rings is 3. The molecule has 1 N–H and O–H groups in total. The van der Waals surface area contributed by atoms with Gasteiger partial charge in [-0.15, -0.1) is 0 Å². The summed E-state index contributed by atoms with van der Waals surface area (Å²) in [4.78, 5) is 27.8. The van der Waals surface area contributed by atoms with Gasteiger partial charge in [0, 0.05) is 12.1 Å². The van der Waals surface area contributed by atoms with Gasteiger partial charge >= 0.3 is 0 Å². The van der Waals surface area contributed by atoms with E-state index >= 15 is 0 Å². The summed E-state index contributed by atoms with van der Waals surface area (Å²) in [7, 11) is 0. The van der Waals surface area contributed by atoms with Crippen molar-refractivity contribution in [2.24, 2.45) is 4.99 Å². The molecule has 0 aliphatic carbocycles. The molecule has 1 amide bonds. The molecule has 0 atom stereocenters. The Bertz CT molecular complexity index is 1290. The minimum absolute atomic E-state index is 0.00178. The van der Waals surface area contributed by atoms with Crippen LogP contribution in [-0.2, 0) is 11.4 Å². The van der Waals surface area contributed by atoms with Crippen molar-refractivity contribution >= 4 is 56.2 Å². The number of hydrogen-bond acceptors (Lipinski definition) is 6. The van der Waals surface area contributed by atoms with E-state index in [1.54, 1.807) is 19.1 Å². The van der Waals surface area contributed by atoms with E-state index < -0.39 is 4.92 Å². The number of aryl methyl sites for hydroxylation is 1. The molecule has 0 unspecified atom stereocenters. The molecule has 3 aromatic carbocycles. The number of carbonyl (C=O) groups is 1. The first-order chi connectivity index (χ1) is 15.9. The maximum absolute atomic E-state index is 12.4. The van der Waals surface area contributed by atoms with Gasteiger partial charge in [-0.3, -0.25) is 14.9 Å². The summed E-state index contributed by atoms with van der Waals surface area (Å²) < 4.78 is 6.66. The summed E-state index contributed by atoms with van der Waals surface area (Å²) in [6, 6.07) is 19.9. The van der Waals surface area contributed by atoms with Crippen LogP contribution in [0.2, 0.25) is 0 Å². The Labute approximate surface area is 202 Å². The molecule has 1 heterocycles. The summed E-state index contributed by atoms with van der Waals surface area (Å²) in [6.07, 6.45) is 1.77. The summed E-state index contributed by atoms with van der Waals surface area (Å²) in [5.74, 6) is 0.458. The molecule has 0 spiro atoms. The van der Waals surface area contributed by atoms with Gasteiger partial charge in [0.1, 0.15) is 12.4 Å². The molecule has 166 valence electrons. The van der Waals surface area contributed by atoms with Gasteiger partial charge in [-0.1, -0.05) is 36.4 Å². The Hall–Kier alpha value is -3.43. The van der Waals surface area contributed by atoms with Crippen molar-refractivity contribution in [2.45, 2.75) is 13.5 Å². The Kier molecular flexibility index (Phi) is 6.90. The number of nitro groups is 1. The van der Waals surface area contributed by atoms with Crippen molar-refractivity contribution < 1.29 is 14.5 Å². The van der Waals surface area contributed by atoms with Crippen molar-refractivity contribution in [3.8, 4) is 5.75 Å². The molecule has 1 aliphatic heterocycles. The normalized spacial score (nSPS) is 15.6. The average molecular weight is 524 g/mol. The zero-order valence-electron chi connectivity index (χ0n) is 17.4. The van der Waals surface area contributed by atoms with Gasteiger partial charge < -0.3 is 10.1 Å². The lowest BCUT2D eigenvalue weighted by atomic mass is 10.2. The summed E-state index contributed by atoms with van der Waals surface area (Å²) in [5, 5.41) is 14.1. The zero-order valence-corrected chi connectivity index (χ0v) is 19.9. The van der Waals surface area contributed by atoms with E-state index in [4.69, 9.17) is 4.74 Å².